The zero-order chi connectivity index (χ0) is 18.9. The Morgan fingerprint density at radius 3 is 2.36 bits per heavy atom. The molecule has 1 amide bonds. The van der Waals surface area contributed by atoms with Crippen molar-refractivity contribution in [2.45, 2.75) is 32.4 Å². The lowest BCUT2D eigenvalue weighted by Crippen LogP contribution is -2.45. The standard InChI is InChI=1S/C18H25NO5S/c1-18(2,3)24-17(21)19-15(16(20)23-5)12-25-11-10-13-6-8-14(22-4)9-7-13/h6-11,15H,12H2,1-5H3,(H,19,21)/b11-10+/t15-/m0/s1. The molecule has 0 aliphatic carbocycles. The van der Waals surface area contributed by atoms with Gasteiger partial charge in [0.2, 0.25) is 0 Å². The number of esters is 1. The van der Waals surface area contributed by atoms with Crippen LogP contribution in [0.3, 0.4) is 0 Å². The maximum atomic E-state index is 11.8. The molecule has 1 rings (SSSR count). The molecule has 0 aliphatic rings. The third kappa shape index (κ3) is 8.49. The zero-order valence-electron chi connectivity index (χ0n) is 15.2. The van der Waals surface area contributed by atoms with E-state index in [1.54, 1.807) is 27.9 Å². The van der Waals surface area contributed by atoms with Crippen molar-refractivity contribution in [1.29, 1.82) is 0 Å². The van der Waals surface area contributed by atoms with Crippen molar-refractivity contribution in [2.75, 3.05) is 20.0 Å². The first-order valence-electron chi connectivity index (χ1n) is 7.74. The van der Waals surface area contributed by atoms with E-state index in [9.17, 15) is 9.59 Å². The van der Waals surface area contributed by atoms with Crippen LogP contribution in [0.15, 0.2) is 29.7 Å². The van der Waals surface area contributed by atoms with E-state index in [1.807, 2.05) is 35.7 Å². The van der Waals surface area contributed by atoms with Crippen molar-refractivity contribution >= 4 is 29.9 Å². The van der Waals surface area contributed by atoms with Gasteiger partial charge in [0, 0.05) is 5.75 Å². The number of alkyl carbamates (subject to hydrolysis) is 1. The molecule has 0 aliphatic heterocycles. The third-order valence-corrected chi connectivity index (χ3v) is 3.77. The fourth-order valence-corrected chi connectivity index (χ4v) is 2.53. The van der Waals surface area contributed by atoms with Crippen LogP contribution >= 0.6 is 11.8 Å². The Bertz CT molecular complexity index is 592. The summed E-state index contributed by atoms with van der Waals surface area (Å²) in [5, 5.41) is 4.39. The number of carbonyl (C=O) groups excluding carboxylic acids is 2. The molecule has 0 saturated heterocycles. The number of methoxy groups -OCH3 is 2. The average molecular weight is 367 g/mol. The molecule has 0 fully saturated rings. The van der Waals surface area contributed by atoms with Crippen LogP contribution in [-0.4, -0.2) is 43.7 Å². The molecule has 0 radical (unpaired) electrons. The number of carbonyl (C=O) groups is 2. The quantitative estimate of drug-likeness (QED) is 0.744. The summed E-state index contributed by atoms with van der Waals surface area (Å²) in [5.74, 6) is 0.604. The molecule has 7 heteroatoms. The highest BCUT2D eigenvalue weighted by atomic mass is 32.2. The molecule has 0 aromatic heterocycles. The maximum absolute atomic E-state index is 11.8. The molecule has 0 heterocycles. The second-order valence-corrected chi connectivity index (χ2v) is 7.07. The summed E-state index contributed by atoms with van der Waals surface area (Å²) in [4.78, 5) is 23.6. The van der Waals surface area contributed by atoms with E-state index in [2.05, 4.69) is 5.32 Å². The van der Waals surface area contributed by atoms with Crippen LogP contribution in [0.4, 0.5) is 4.79 Å². The van der Waals surface area contributed by atoms with Crippen molar-refractivity contribution in [3.05, 3.63) is 35.2 Å². The van der Waals surface area contributed by atoms with E-state index in [0.717, 1.165) is 11.3 Å². The number of nitrogens with one attached hydrogen (secondary N) is 1. The number of ether oxygens (including phenoxy) is 3. The molecule has 6 nitrogen and oxygen atoms in total. The van der Waals surface area contributed by atoms with Gasteiger partial charge >= 0.3 is 12.1 Å². The van der Waals surface area contributed by atoms with Crippen LogP contribution in [0.1, 0.15) is 26.3 Å². The van der Waals surface area contributed by atoms with Gasteiger partial charge < -0.3 is 19.5 Å². The summed E-state index contributed by atoms with van der Waals surface area (Å²) < 4.78 is 15.0. The topological polar surface area (TPSA) is 73.9 Å². The second-order valence-electron chi connectivity index (χ2n) is 6.13. The Hall–Kier alpha value is -2.15. The van der Waals surface area contributed by atoms with E-state index in [1.165, 1.54) is 18.9 Å². The fraction of sp³-hybridized carbons (Fsp3) is 0.444. The molecule has 0 bridgehead atoms. The monoisotopic (exact) mass is 367 g/mol. The van der Waals surface area contributed by atoms with E-state index in [4.69, 9.17) is 14.2 Å². The van der Waals surface area contributed by atoms with Gasteiger partial charge in [0.15, 0.2) is 0 Å². The lowest BCUT2D eigenvalue weighted by atomic mass is 10.2. The Labute approximate surface area is 152 Å². The predicted molar refractivity (Wildman–Crippen MR) is 99.7 cm³/mol. The molecule has 0 spiro atoms. The Kier molecular flexibility index (Phi) is 8.34. The largest absolute Gasteiger partial charge is 0.497 e. The number of amides is 1. The van der Waals surface area contributed by atoms with Crippen LogP contribution in [0.2, 0.25) is 0 Å². The van der Waals surface area contributed by atoms with E-state index >= 15 is 0 Å². The van der Waals surface area contributed by atoms with E-state index in [-0.39, 0.29) is 0 Å². The van der Waals surface area contributed by atoms with Crippen molar-refractivity contribution in [3.8, 4) is 5.75 Å². The molecule has 0 unspecified atom stereocenters. The molecular weight excluding hydrogens is 342 g/mol. The first-order valence-corrected chi connectivity index (χ1v) is 8.79. The number of hydrogen-bond donors (Lipinski definition) is 1. The lowest BCUT2D eigenvalue weighted by molar-refractivity contribution is -0.142. The first kappa shape index (κ1) is 20.9. The van der Waals surface area contributed by atoms with Gasteiger partial charge in [-0.05, 0) is 50.0 Å². The average Bonchev–Trinajstić information content (AvgIpc) is 2.55. The summed E-state index contributed by atoms with van der Waals surface area (Å²) in [5.41, 5.74) is 0.370. The van der Waals surface area contributed by atoms with Crippen LogP contribution in [0.25, 0.3) is 6.08 Å². The van der Waals surface area contributed by atoms with Gasteiger partial charge in [-0.2, -0.15) is 0 Å². The summed E-state index contributed by atoms with van der Waals surface area (Å²) >= 11 is 1.39. The van der Waals surface area contributed by atoms with Gasteiger partial charge in [-0.15, -0.1) is 11.8 Å². The van der Waals surface area contributed by atoms with Crippen LogP contribution in [0.5, 0.6) is 5.75 Å². The second kappa shape index (κ2) is 9.98. The highest BCUT2D eigenvalue weighted by molar-refractivity contribution is 8.02. The molecule has 25 heavy (non-hydrogen) atoms. The Balaban J connectivity index is 2.56. The third-order valence-electron chi connectivity index (χ3n) is 2.91. The first-order chi connectivity index (χ1) is 11.7. The normalized spacial score (nSPS) is 12.5. The summed E-state index contributed by atoms with van der Waals surface area (Å²) in [6.45, 7) is 5.27. The minimum atomic E-state index is -0.787. The molecule has 0 saturated carbocycles. The van der Waals surface area contributed by atoms with E-state index in [0.29, 0.717) is 5.75 Å². The predicted octanol–water partition coefficient (Wildman–Crippen LogP) is 3.47. The molecule has 1 aromatic carbocycles. The number of benzene rings is 1. The van der Waals surface area contributed by atoms with Crippen LogP contribution in [-0.2, 0) is 14.3 Å². The Morgan fingerprint density at radius 1 is 1.20 bits per heavy atom. The van der Waals surface area contributed by atoms with Gasteiger partial charge in [-0.3, -0.25) is 0 Å². The van der Waals surface area contributed by atoms with Crippen molar-refractivity contribution in [1.82, 2.24) is 5.32 Å². The van der Waals surface area contributed by atoms with Crippen molar-refractivity contribution in [3.63, 3.8) is 0 Å². The number of hydrogen-bond acceptors (Lipinski definition) is 6. The number of thioether (sulfide) groups is 1. The zero-order valence-corrected chi connectivity index (χ0v) is 16.0. The van der Waals surface area contributed by atoms with Crippen molar-refractivity contribution < 1.29 is 23.8 Å². The summed E-state index contributed by atoms with van der Waals surface area (Å²) in [6.07, 6.45) is 1.26. The van der Waals surface area contributed by atoms with Gasteiger partial charge in [0.05, 0.1) is 14.2 Å². The smallest absolute Gasteiger partial charge is 0.408 e. The highest BCUT2D eigenvalue weighted by Gasteiger charge is 2.24. The van der Waals surface area contributed by atoms with Gasteiger partial charge in [0.25, 0.3) is 0 Å². The van der Waals surface area contributed by atoms with E-state index < -0.39 is 23.7 Å². The van der Waals surface area contributed by atoms with Crippen molar-refractivity contribution in [2.24, 2.45) is 0 Å². The minimum absolute atomic E-state index is 0.332. The minimum Gasteiger partial charge on any atom is -0.497 e. The van der Waals surface area contributed by atoms with Gasteiger partial charge in [-0.25, -0.2) is 9.59 Å². The molecule has 1 aromatic rings. The van der Waals surface area contributed by atoms with Gasteiger partial charge in [0.1, 0.15) is 17.4 Å². The summed E-state index contributed by atoms with van der Waals surface area (Å²) in [6, 6.07) is 6.79. The number of rotatable bonds is 7. The Morgan fingerprint density at radius 2 is 1.84 bits per heavy atom. The fourth-order valence-electron chi connectivity index (χ4n) is 1.75. The molecule has 138 valence electrons. The lowest BCUT2D eigenvalue weighted by Gasteiger charge is -2.22. The molecule has 1 N–H and O–H groups in total. The highest BCUT2D eigenvalue weighted by Crippen LogP contribution is 2.15. The molecular formula is C18H25NO5S. The van der Waals surface area contributed by atoms with Crippen LogP contribution < -0.4 is 10.1 Å². The van der Waals surface area contributed by atoms with Crippen LogP contribution in [0, 0.1) is 0 Å². The summed E-state index contributed by atoms with van der Waals surface area (Å²) in [7, 11) is 2.90. The maximum Gasteiger partial charge on any atom is 0.408 e. The van der Waals surface area contributed by atoms with Gasteiger partial charge in [-0.1, -0.05) is 12.1 Å². The SMILES string of the molecule is COC(=O)[C@H](CS/C=C/c1ccc(OC)cc1)NC(=O)OC(C)(C)C. The molecule has 1 atom stereocenters.